The van der Waals surface area contributed by atoms with Crippen molar-refractivity contribution in [3.8, 4) is 0 Å². The van der Waals surface area contributed by atoms with E-state index in [1.54, 1.807) is 0 Å². The van der Waals surface area contributed by atoms with Gasteiger partial charge in [-0.15, -0.1) is 0 Å². The summed E-state index contributed by atoms with van der Waals surface area (Å²) in [7, 11) is -2.17. The summed E-state index contributed by atoms with van der Waals surface area (Å²) in [4.78, 5) is 9.90. The Bertz CT molecular complexity index is 115. The lowest BCUT2D eigenvalue weighted by molar-refractivity contribution is -0.137. The van der Waals surface area contributed by atoms with Gasteiger partial charge in [0.1, 0.15) is 0 Å². The quantitative estimate of drug-likeness (QED) is 0.270. The molecule has 0 aromatic carbocycles. The van der Waals surface area contributed by atoms with Gasteiger partial charge in [0, 0.05) is 13.0 Å². The van der Waals surface area contributed by atoms with Crippen molar-refractivity contribution in [1.29, 1.82) is 0 Å². The van der Waals surface area contributed by atoms with E-state index in [0.717, 1.165) is 6.42 Å². The number of aliphatic carboxylic acids is 1. The Kier molecular flexibility index (Phi) is 13.0. The summed E-state index contributed by atoms with van der Waals surface area (Å²) < 4.78 is 0. The van der Waals surface area contributed by atoms with Gasteiger partial charge < -0.3 is 25.3 Å². The first kappa shape index (κ1) is 14.9. The minimum atomic E-state index is -2.17. The average Bonchev–Trinajstić information content (AvgIpc) is 1.97. The lowest BCUT2D eigenvalue weighted by Crippen LogP contribution is -2.07. The van der Waals surface area contributed by atoms with Crippen LogP contribution in [-0.2, 0) is 4.79 Å². The lowest BCUT2D eigenvalue weighted by atomic mass is 10.2. The fraction of sp³-hybridized carbons (Fsp3) is 0.833. The van der Waals surface area contributed by atoms with Crippen LogP contribution in [0.5, 0.6) is 0 Å². The molecular formula is C6H15BO6. The van der Waals surface area contributed by atoms with E-state index in [1.807, 2.05) is 0 Å². The highest BCUT2D eigenvalue weighted by atomic mass is 16.5. The van der Waals surface area contributed by atoms with Crippen molar-refractivity contribution in [3.05, 3.63) is 0 Å². The third kappa shape index (κ3) is 34.6. The minimum absolute atomic E-state index is 0.166. The first-order valence-electron chi connectivity index (χ1n) is 3.87. The summed E-state index contributed by atoms with van der Waals surface area (Å²) >= 11 is 0. The molecule has 0 saturated carbocycles. The number of hydrogen-bond donors (Lipinski definition) is 5. The zero-order chi connectivity index (χ0) is 10.7. The van der Waals surface area contributed by atoms with Crippen LogP contribution in [0.15, 0.2) is 0 Å². The van der Waals surface area contributed by atoms with Crippen molar-refractivity contribution < 1.29 is 30.1 Å². The molecule has 0 bridgehead atoms. The number of rotatable bonds is 5. The second-order valence-electron chi connectivity index (χ2n) is 2.27. The van der Waals surface area contributed by atoms with E-state index in [0.29, 0.717) is 12.8 Å². The molecule has 0 heterocycles. The Morgan fingerprint density at radius 2 is 1.54 bits per heavy atom. The zero-order valence-corrected chi connectivity index (χ0v) is 7.26. The molecule has 0 rings (SSSR count). The highest BCUT2D eigenvalue weighted by molar-refractivity contribution is 6.30. The van der Waals surface area contributed by atoms with Crippen molar-refractivity contribution >= 4 is 13.3 Å². The lowest BCUT2D eigenvalue weighted by Gasteiger charge is -1.92. The smallest absolute Gasteiger partial charge is 0.481 e. The number of carbonyl (C=O) groups is 1. The van der Waals surface area contributed by atoms with E-state index >= 15 is 0 Å². The van der Waals surface area contributed by atoms with E-state index in [2.05, 4.69) is 0 Å². The molecule has 0 aliphatic heterocycles. The fourth-order valence-corrected chi connectivity index (χ4v) is 0.565. The Morgan fingerprint density at radius 3 is 1.85 bits per heavy atom. The van der Waals surface area contributed by atoms with Crippen LogP contribution in [-0.4, -0.2) is 45.2 Å². The summed E-state index contributed by atoms with van der Waals surface area (Å²) in [6.07, 6.45) is 2.42. The molecule has 0 radical (unpaired) electrons. The van der Waals surface area contributed by atoms with Crippen LogP contribution in [0.2, 0.25) is 0 Å². The average molecular weight is 194 g/mol. The van der Waals surface area contributed by atoms with E-state index in [9.17, 15) is 4.79 Å². The molecule has 6 nitrogen and oxygen atoms in total. The topological polar surface area (TPSA) is 118 Å². The van der Waals surface area contributed by atoms with Gasteiger partial charge in [-0.3, -0.25) is 4.79 Å². The van der Waals surface area contributed by atoms with Crippen LogP contribution >= 0.6 is 0 Å². The van der Waals surface area contributed by atoms with Crippen molar-refractivity contribution in [2.75, 3.05) is 6.61 Å². The third-order valence-corrected chi connectivity index (χ3v) is 1.05. The van der Waals surface area contributed by atoms with Crippen LogP contribution < -0.4 is 0 Å². The van der Waals surface area contributed by atoms with E-state index in [4.69, 9.17) is 25.3 Å². The molecule has 7 heteroatoms. The minimum Gasteiger partial charge on any atom is -0.481 e. The number of carboxylic acid groups (broad SMARTS) is 1. The van der Waals surface area contributed by atoms with Gasteiger partial charge in [0.05, 0.1) is 0 Å². The number of aliphatic hydroxyl groups is 1. The summed E-state index contributed by atoms with van der Waals surface area (Å²) in [6, 6.07) is 0. The fourth-order valence-electron chi connectivity index (χ4n) is 0.565. The predicted molar refractivity (Wildman–Crippen MR) is 45.6 cm³/mol. The van der Waals surface area contributed by atoms with Gasteiger partial charge in [-0.05, 0) is 12.8 Å². The maximum absolute atomic E-state index is 9.90. The summed E-state index contributed by atoms with van der Waals surface area (Å²) in [6.45, 7) is 0.166. The van der Waals surface area contributed by atoms with Crippen LogP contribution in [0.25, 0.3) is 0 Å². The summed E-state index contributed by atoms with van der Waals surface area (Å²) in [5, 5.41) is 37.9. The maximum Gasteiger partial charge on any atom is 0.631 e. The second-order valence-corrected chi connectivity index (χ2v) is 2.27. The number of aliphatic hydroxyl groups excluding tert-OH is 1. The monoisotopic (exact) mass is 194 g/mol. The van der Waals surface area contributed by atoms with Crippen LogP contribution in [0.3, 0.4) is 0 Å². The molecule has 0 aliphatic carbocycles. The standard InChI is InChI=1S/C6H12O3.BH3O3/c7-5-3-1-2-4-6(8)9;2-1(3)4/h7H,1-5H2,(H,8,9);2-4H. The van der Waals surface area contributed by atoms with Gasteiger partial charge >= 0.3 is 13.3 Å². The van der Waals surface area contributed by atoms with Gasteiger partial charge in [-0.25, -0.2) is 0 Å². The molecule has 5 N–H and O–H groups in total. The van der Waals surface area contributed by atoms with Gasteiger partial charge in [0.15, 0.2) is 0 Å². The SMILES string of the molecule is O=C(O)CCCCCO.OB(O)O. The van der Waals surface area contributed by atoms with Crippen molar-refractivity contribution in [1.82, 2.24) is 0 Å². The molecule has 0 spiro atoms. The zero-order valence-electron chi connectivity index (χ0n) is 7.26. The maximum atomic E-state index is 9.90. The second kappa shape index (κ2) is 11.4. The van der Waals surface area contributed by atoms with Gasteiger partial charge in [-0.2, -0.15) is 0 Å². The van der Waals surface area contributed by atoms with E-state index < -0.39 is 13.3 Å². The molecule has 0 unspecified atom stereocenters. The molecule has 0 aromatic rings. The highest BCUT2D eigenvalue weighted by Gasteiger charge is 1.94. The van der Waals surface area contributed by atoms with Crippen LogP contribution in [0.4, 0.5) is 0 Å². The highest BCUT2D eigenvalue weighted by Crippen LogP contribution is 1.97. The predicted octanol–water partition coefficient (Wildman–Crippen LogP) is -1.43. The molecule has 13 heavy (non-hydrogen) atoms. The number of unbranched alkanes of at least 4 members (excludes halogenated alkanes) is 2. The third-order valence-electron chi connectivity index (χ3n) is 1.05. The molecule has 0 aliphatic rings. The van der Waals surface area contributed by atoms with Gasteiger partial charge in [0.2, 0.25) is 0 Å². The van der Waals surface area contributed by atoms with Crippen molar-refractivity contribution in [3.63, 3.8) is 0 Å². The summed E-state index contributed by atoms with van der Waals surface area (Å²) in [5.74, 6) is -0.757. The van der Waals surface area contributed by atoms with Crippen LogP contribution in [0, 0.1) is 0 Å². The van der Waals surface area contributed by atoms with Crippen LogP contribution in [0.1, 0.15) is 25.7 Å². The van der Waals surface area contributed by atoms with Crippen molar-refractivity contribution in [2.24, 2.45) is 0 Å². The van der Waals surface area contributed by atoms with Crippen molar-refractivity contribution in [2.45, 2.75) is 25.7 Å². The number of hydrogen-bond acceptors (Lipinski definition) is 5. The molecule has 0 amide bonds. The molecule has 0 aromatic heterocycles. The molecule has 78 valence electrons. The molecule has 0 fully saturated rings. The summed E-state index contributed by atoms with van der Waals surface area (Å²) in [5.41, 5.74) is 0. The Morgan fingerprint density at radius 1 is 1.08 bits per heavy atom. The normalized spacial score (nSPS) is 8.62. The molecular weight excluding hydrogens is 179 g/mol. The first-order valence-corrected chi connectivity index (χ1v) is 3.87. The number of carboxylic acids is 1. The van der Waals surface area contributed by atoms with E-state index in [1.165, 1.54) is 0 Å². The Hall–Kier alpha value is -0.625. The first-order chi connectivity index (χ1) is 6.00. The largest absolute Gasteiger partial charge is 0.631 e. The Labute approximate surface area is 76.6 Å². The molecule has 0 atom stereocenters. The van der Waals surface area contributed by atoms with Gasteiger partial charge in [0.25, 0.3) is 0 Å². The Balaban J connectivity index is 0. The molecule has 0 saturated heterocycles. The van der Waals surface area contributed by atoms with Gasteiger partial charge in [-0.1, -0.05) is 6.42 Å². The van der Waals surface area contributed by atoms with E-state index in [-0.39, 0.29) is 13.0 Å².